The molecule has 1 aromatic carbocycles. The maximum Gasteiger partial charge on any atom is 0.191 e. The molecule has 25 heavy (non-hydrogen) atoms. The van der Waals surface area contributed by atoms with Crippen LogP contribution in [-0.4, -0.2) is 31.1 Å². The van der Waals surface area contributed by atoms with Gasteiger partial charge in [0.15, 0.2) is 5.96 Å². The van der Waals surface area contributed by atoms with Gasteiger partial charge in [-0.1, -0.05) is 43.6 Å². The van der Waals surface area contributed by atoms with Crippen molar-refractivity contribution >= 4 is 41.5 Å². The van der Waals surface area contributed by atoms with Gasteiger partial charge in [0.2, 0.25) is 0 Å². The number of aliphatic imine (C=N–C) groups is 1. The van der Waals surface area contributed by atoms with Crippen LogP contribution in [0.4, 0.5) is 0 Å². The lowest BCUT2D eigenvalue weighted by atomic mass is 9.84. The van der Waals surface area contributed by atoms with Crippen LogP contribution in [0.3, 0.4) is 0 Å². The molecule has 4 nitrogen and oxygen atoms in total. The molecule has 0 aliphatic rings. The molecule has 0 atom stereocenters. The van der Waals surface area contributed by atoms with Crippen molar-refractivity contribution in [2.45, 2.75) is 25.7 Å². The van der Waals surface area contributed by atoms with E-state index in [2.05, 4.69) is 40.5 Å². The number of nitrogens with one attached hydrogen (secondary N) is 2. The second kappa shape index (κ2) is 10.6. The van der Waals surface area contributed by atoms with Crippen molar-refractivity contribution in [1.29, 1.82) is 0 Å². The number of halogens is 2. The van der Waals surface area contributed by atoms with Gasteiger partial charge in [-0.05, 0) is 29.8 Å². The van der Waals surface area contributed by atoms with Crippen LogP contribution in [0, 0.1) is 0 Å². The van der Waals surface area contributed by atoms with E-state index in [1.165, 1.54) is 5.56 Å². The minimum Gasteiger partial charge on any atom is -0.356 e. The Labute approximate surface area is 172 Å². The van der Waals surface area contributed by atoms with Crippen molar-refractivity contribution in [1.82, 2.24) is 15.6 Å². The summed E-state index contributed by atoms with van der Waals surface area (Å²) in [4.78, 5) is 8.60. The Morgan fingerprint density at radius 3 is 2.60 bits per heavy atom. The summed E-state index contributed by atoms with van der Waals surface area (Å²) in [5.41, 5.74) is 2.22. The predicted octanol–water partition coefficient (Wildman–Crippen LogP) is 4.04. The van der Waals surface area contributed by atoms with Crippen molar-refractivity contribution in [3.05, 3.63) is 64.9 Å². The Kier molecular flexibility index (Phi) is 9.21. The molecule has 1 heterocycles. The largest absolute Gasteiger partial charge is 0.356 e. The fourth-order valence-electron chi connectivity index (χ4n) is 2.39. The molecule has 0 radical (unpaired) electrons. The fourth-order valence-corrected chi connectivity index (χ4v) is 2.58. The number of rotatable bonds is 6. The van der Waals surface area contributed by atoms with Crippen LogP contribution in [0.15, 0.2) is 53.7 Å². The Morgan fingerprint density at radius 1 is 1.16 bits per heavy atom. The zero-order valence-corrected chi connectivity index (χ0v) is 18.0. The van der Waals surface area contributed by atoms with Gasteiger partial charge in [-0.3, -0.25) is 9.98 Å². The first kappa shape index (κ1) is 21.7. The molecule has 0 aliphatic carbocycles. The van der Waals surface area contributed by atoms with Gasteiger partial charge >= 0.3 is 0 Å². The summed E-state index contributed by atoms with van der Waals surface area (Å²) in [6.45, 7) is 5.92. The van der Waals surface area contributed by atoms with Crippen LogP contribution in [0.1, 0.15) is 25.1 Å². The molecule has 0 saturated carbocycles. The van der Waals surface area contributed by atoms with E-state index in [0.29, 0.717) is 0 Å². The summed E-state index contributed by atoms with van der Waals surface area (Å²) >= 11 is 6.11. The van der Waals surface area contributed by atoms with Crippen molar-refractivity contribution in [2.75, 3.05) is 20.1 Å². The third-order valence-corrected chi connectivity index (χ3v) is 4.16. The highest BCUT2D eigenvalue weighted by molar-refractivity contribution is 14.0. The second-order valence-electron chi connectivity index (χ2n) is 6.32. The van der Waals surface area contributed by atoms with Crippen LogP contribution in [0.25, 0.3) is 0 Å². The maximum atomic E-state index is 6.11. The van der Waals surface area contributed by atoms with E-state index < -0.39 is 0 Å². The highest BCUT2D eigenvalue weighted by Gasteiger charge is 2.21. The minimum atomic E-state index is -0.0521. The molecule has 0 spiro atoms. The molecular weight excluding hydrogens is 447 g/mol. The monoisotopic (exact) mass is 472 g/mol. The quantitative estimate of drug-likeness (QED) is 0.379. The standard InChI is InChI=1S/C19H25ClN4.HI/c1-19(2,15-7-6-8-16(20)13-15)14-24-18(21-3)23-12-10-17-9-4-5-11-22-17;/h4-9,11,13H,10,12,14H2,1-3H3,(H2,21,23,24);1H. The normalized spacial score (nSPS) is 11.6. The van der Waals surface area contributed by atoms with Gasteiger partial charge in [0, 0.05) is 48.9 Å². The predicted molar refractivity (Wildman–Crippen MR) is 117 cm³/mol. The second-order valence-corrected chi connectivity index (χ2v) is 6.75. The third-order valence-electron chi connectivity index (χ3n) is 3.93. The van der Waals surface area contributed by atoms with Gasteiger partial charge < -0.3 is 10.6 Å². The number of hydrogen-bond donors (Lipinski definition) is 2. The van der Waals surface area contributed by atoms with Gasteiger partial charge in [-0.2, -0.15) is 0 Å². The van der Waals surface area contributed by atoms with E-state index in [1.54, 1.807) is 7.05 Å². The average Bonchev–Trinajstić information content (AvgIpc) is 2.59. The van der Waals surface area contributed by atoms with E-state index in [1.807, 2.05) is 42.6 Å². The first-order chi connectivity index (χ1) is 11.5. The zero-order valence-electron chi connectivity index (χ0n) is 14.9. The summed E-state index contributed by atoms with van der Waals surface area (Å²) in [6, 6.07) is 14.0. The molecule has 2 N–H and O–H groups in total. The molecular formula is C19H26ClIN4. The zero-order chi connectivity index (χ0) is 17.4. The van der Waals surface area contributed by atoms with E-state index in [0.717, 1.165) is 36.2 Å². The van der Waals surface area contributed by atoms with Crippen LogP contribution < -0.4 is 10.6 Å². The first-order valence-corrected chi connectivity index (χ1v) is 8.49. The van der Waals surface area contributed by atoms with Gasteiger partial charge in [0.1, 0.15) is 0 Å². The number of nitrogens with zero attached hydrogens (tertiary/aromatic N) is 2. The van der Waals surface area contributed by atoms with Gasteiger partial charge in [0.05, 0.1) is 0 Å². The Morgan fingerprint density at radius 2 is 1.96 bits per heavy atom. The fraction of sp³-hybridized carbons (Fsp3) is 0.368. The molecule has 0 saturated heterocycles. The molecule has 0 unspecified atom stereocenters. The highest BCUT2D eigenvalue weighted by atomic mass is 127. The highest BCUT2D eigenvalue weighted by Crippen LogP contribution is 2.24. The number of hydrogen-bond acceptors (Lipinski definition) is 2. The molecule has 6 heteroatoms. The van der Waals surface area contributed by atoms with Crippen LogP contribution in [0.2, 0.25) is 5.02 Å². The molecule has 0 aliphatic heterocycles. The first-order valence-electron chi connectivity index (χ1n) is 8.12. The number of pyridine rings is 1. The maximum absolute atomic E-state index is 6.11. The van der Waals surface area contributed by atoms with Gasteiger partial charge in [-0.25, -0.2) is 0 Å². The average molecular weight is 473 g/mol. The Hall–Kier alpha value is -1.34. The van der Waals surface area contributed by atoms with E-state index in [4.69, 9.17) is 11.6 Å². The summed E-state index contributed by atoms with van der Waals surface area (Å²) in [5, 5.41) is 7.48. The topological polar surface area (TPSA) is 49.3 Å². The Bertz CT molecular complexity index is 674. The van der Waals surface area contributed by atoms with Crippen molar-refractivity contribution < 1.29 is 0 Å². The molecule has 0 amide bonds. The van der Waals surface area contributed by atoms with Crippen molar-refractivity contribution in [3.8, 4) is 0 Å². The van der Waals surface area contributed by atoms with Gasteiger partial charge in [0.25, 0.3) is 0 Å². The molecule has 136 valence electrons. The number of guanidine groups is 1. The molecule has 2 rings (SSSR count). The molecule has 0 bridgehead atoms. The summed E-state index contributed by atoms with van der Waals surface area (Å²) in [7, 11) is 1.78. The SMILES string of the molecule is CN=C(NCCc1ccccn1)NCC(C)(C)c1cccc(Cl)c1.I. The summed E-state index contributed by atoms with van der Waals surface area (Å²) < 4.78 is 0. The van der Waals surface area contributed by atoms with Crippen molar-refractivity contribution in [3.63, 3.8) is 0 Å². The lowest BCUT2D eigenvalue weighted by Gasteiger charge is -2.27. The molecule has 2 aromatic rings. The lowest BCUT2D eigenvalue weighted by Crippen LogP contribution is -2.44. The van der Waals surface area contributed by atoms with Crippen LogP contribution in [-0.2, 0) is 11.8 Å². The lowest BCUT2D eigenvalue weighted by molar-refractivity contribution is 0.508. The number of aromatic nitrogens is 1. The number of benzene rings is 1. The van der Waals surface area contributed by atoms with E-state index in [-0.39, 0.29) is 29.4 Å². The van der Waals surface area contributed by atoms with Crippen LogP contribution in [0.5, 0.6) is 0 Å². The minimum absolute atomic E-state index is 0. The van der Waals surface area contributed by atoms with E-state index in [9.17, 15) is 0 Å². The summed E-state index contributed by atoms with van der Waals surface area (Å²) in [6.07, 6.45) is 2.68. The van der Waals surface area contributed by atoms with Gasteiger partial charge in [-0.15, -0.1) is 24.0 Å². The van der Waals surface area contributed by atoms with Crippen molar-refractivity contribution in [2.24, 2.45) is 4.99 Å². The van der Waals surface area contributed by atoms with Crippen LogP contribution >= 0.6 is 35.6 Å². The Balaban J connectivity index is 0.00000312. The third kappa shape index (κ3) is 7.20. The van der Waals surface area contributed by atoms with E-state index >= 15 is 0 Å². The molecule has 0 fully saturated rings. The summed E-state index contributed by atoms with van der Waals surface area (Å²) in [5.74, 6) is 0.793. The molecule has 1 aromatic heterocycles. The smallest absolute Gasteiger partial charge is 0.191 e.